The predicted octanol–water partition coefficient (Wildman–Crippen LogP) is -0.933. The number of nitrogens with two attached hydrogens (primary N) is 1. The van der Waals surface area contributed by atoms with Gasteiger partial charge in [-0.25, -0.2) is 0 Å². The van der Waals surface area contributed by atoms with E-state index in [1.807, 2.05) is 0 Å². The number of amides is 1. The Morgan fingerprint density at radius 1 is 1.40 bits per heavy atom. The van der Waals surface area contributed by atoms with Gasteiger partial charge in [0.15, 0.2) is 0 Å². The number of benzene rings is 1. The van der Waals surface area contributed by atoms with Crippen molar-refractivity contribution in [2.24, 2.45) is 9.45 Å². The van der Waals surface area contributed by atoms with Crippen LogP contribution in [0, 0.1) is 0 Å². The fraction of sp³-hybridized carbons (Fsp3) is 0. The summed E-state index contributed by atoms with van der Waals surface area (Å²) in [5.41, 5.74) is 5.66. The van der Waals surface area contributed by atoms with Crippen LogP contribution in [0.2, 0.25) is 0 Å². The minimum absolute atomic E-state index is 0.333. The number of carbonyl (C=O) groups is 1. The van der Waals surface area contributed by atoms with Crippen LogP contribution in [0.25, 0.3) is 0 Å². The van der Waals surface area contributed by atoms with Gasteiger partial charge in [0.2, 0.25) is 5.91 Å². The summed E-state index contributed by atoms with van der Waals surface area (Å²) in [6, 6.07) is 5.75. The van der Waals surface area contributed by atoms with Crippen LogP contribution in [0.3, 0.4) is 0 Å². The van der Waals surface area contributed by atoms with Crippen LogP contribution < -0.4 is 11.2 Å². The van der Waals surface area contributed by atoms with E-state index in [4.69, 9.17) is 15.8 Å². The zero-order valence-corrected chi connectivity index (χ0v) is 10.4. The van der Waals surface area contributed by atoms with Crippen LogP contribution in [0.15, 0.2) is 28.0 Å². The van der Waals surface area contributed by atoms with E-state index in [-0.39, 0.29) is 0 Å². The number of halogens is 1. The van der Waals surface area contributed by atoms with Gasteiger partial charge in [-0.15, -0.1) is 0 Å². The Morgan fingerprint density at radius 3 is 2.07 bits per heavy atom. The first-order chi connectivity index (χ1) is 7.02. The standard InChI is InChI=1S/C7H8BNO3.FN.W/c9-7(10)5-1-3-6(4-2-5)8(11)12;1-2;/h1-4,11-12H,(H2,9,10);;. The molecule has 0 atom stereocenters. The zero-order valence-electron chi connectivity index (χ0n) is 7.50. The number of carbonyl (C=O) groups excluding carboxylic acids is 1. The van der Waals surface area contributed by atoms with Crippen LogP contribution in [0.1, 0.15) is 10.4 Å². The van der Waals surface area contributed by atoms with Crippen LogP contribution in [0.5, 0.6) is 0 Å². The maximum Gasteiger partial charge on any atom is 0.488 e. The largest absolute Gasteiger partial charge is 0.488 e. The van der Waals surface area contributed by atoms with Gasteiger partial charge >= 0.3 is 34.9 Å². The molecular formula is C7H8BFN2O3W. The SMILES string of the molecule is F[N]=[W].NC(=O)c1ccc(B(O)O)cc1. The molecule has 0 spiro atoms. The molecule has 0 aromatic heterocycles. The molecule has 5 nitrogen and oxygen atoms in total. The first kappa shape index (κ1) is 14.1. The number of rotatable bonds is 2. The molecule has 0 bridgehead atoms. The molecule has 1 aromatic carbocycles. The molecule has 1 amide bonds. The van der Waals surface area contributed by atoms with Crippen molar-refractivity contribution in [2.75, 3.05) is 0 Å². The zero-order chi connectivity index (χ0) is 11.8. The molecule has 0 radical (unpaired) electrons. The molecule has 8 heteroatoms. The molecule has 4 N–H and O–H groups in total. The molecule has 0 fully saturated rings. The quantitative estimate of drug-likeness (QED) is 0.577. The summed E-state index contributed by atoms with van der Waals surface area (Å²) in [5.74, 6) is -0.533. The Morgan fingerprint density at radius 2 is 1.80 bits per heavy atom. The Balaban J connectivity index is 0.000000583. The molecule has 15 heavy (non-hydrogen) atoms. The topological polar surface area (TPSA) is 95.9 Å². The third kappa shape index (κ3) is 5.51. The van der Waals surface area contributed by atoms with Gasteiger partial charge in [-0.3, -0.25) is 4.79 Å². The summed E-state index contributed by atoms with van der Waals surface area (Å²) in [5, 5.41) is 17.4. The molecule has 0 aliphatic rings. The first-order valence-corrected chi connectivity index (χ1v) is 5.03. The van der Waals surface area contributed by atoms with Crippen LogP contribution >= 0.6 is 0 Å². The van der Waals surface area contributed by atoms with Crippen LogP contribution in [0.4, 0.5) is 4.48 Å². The molecule has 80 valence electrons. The van der Waals surface area contributed by atoms with Gasteiger partial charge in [-0.05, 0) is 17.6 Å². The molecular weight excluding hydrogens is 374 g/mol. The molecule has 0 saturated carbocycles. The third-order valence-corrected chi connectivity index (χ3v) is 1.49. The molecule has 1 aromatic rings. The minimum Gasteiger partial charge on any atom is -0.423 e. The van der Waals surface area contributed by atoms with Crippen molar-refractivity contribution in [3.63, 3.8) is 0 Å². The summed E-state index contributed by atoms with van der Waals surface area (Å²) in [6.07, 6.45) is 0. The van der Waals surface area contributed by atoms with Crippen molar-refractivity contribution >= 4 is 18.5 Å². The summed E-state index contributed by atoms with van der Waals surface area (Å²) >= 11 is 0.630. The summed E-state index contributed by atoms with van der Waals surface area (Å²) < 4.78 is 12.0. The van der Waals surface area contributed by atoms with Gasteiger partial charge in [0, 0.05) is 5.56 Å². The van der Waals surface area contributed by atoms with E-state index in [1.54, 1.807) is 0 Å². The Bertz CT molecular complexity index is 334. The predicted molar refractivity (Wildman–Crippen MR) is 48.3 cm³/mol. The number of primary amides is 1. The Kier molecular flexibility index (Phi) is 6.95. The molecule has 0 aliphatic carbocycles. The van der Waals surface area contributed by atoms with Crippen molar-refractivity contribution in [3.05, 3.63) is 29.8 Å². The van der Waals surface area contributed by atoms with E-state index in [0.29, 0.717) is 30.7 Å². The van der Waals surface area contributed by atoms with Crippen molar-refractivity contribution in [1.29, 1.82) is 0 Å². The Labute approximate surface area is 96.9 Å². The van der Waals surface area contributed by atoms with E-state index in [0.717, 1.165) is 0 Å². The third-order valence-electron chi connectivity index (χ3n) is 1.49. The van der Waals surface area contributed by atoms with Gasteiger partial charge in [0.25, 0.3) is 0 Å². The van der Waals surface area contributed by atoms with Gasteiger partial charge in [-0.1, -0.05) is 12.1 Å². The molecule has 0 saturated heterocycles. The molecule has 1 rings (SSSR count). The van der Waals surface area contributed by atoms with E-state index < -0.39 is 13.0 Å². The maximum absolute atomic E-state index is 10.6. The van der Waals surface area contributed by atoms with Gasteiger partial charge in [0.05, 0.1) is 0 Å². The van der Waals surface area contributed by atoms with Gasteiger partial charge in [0.1, 0.15) is 0 Å². The van der Waals surface area contributed by atoms with Crippen molar-refractivity contribution in [1.82, 2.24) is 0 Å². The van der Waals surface area contributed by atoms with E-state index in [9.17, 15) is 9.28 Å². The maximum atomic E-state index is 10.6. The van der Waals surface area contributed by atoms with Crippen LogP contribution in [-0.2, 0) is 19.6 Å². The fourth-order valence-corrected chi connectivity index (χ4v) is 0.820. The minimum atomic E-state index is -1.51. The second-order valence-corrected chi connectivity index (χ2v) is 2.92. The smallest absolute Gasteiger partial charge is 0.423 e. The van der Waals surface area contributed by atoms with E-state index in [2.05, 4.69) is 3.72 Å². The second-order valence-electron chi connectivity index (χ2n) is 2.43. The molecule has 0 aliphatic heterocycles. The fourth-order valence-electron chi connectivity index (χ4n) is 0.820. The van der Waals surface area contributed by atoms with Crippen LogP contribution in [-0.4, -0.2) is 23.1 Å². The summed E-state index contributed by atoms with van der Waals surface area (Å²) in [7, 11) is -1.51. The van der Waals surface area contributed by atoms with Crippen molar-refractivity contribution in [2.45, 2.75) is 0 Å². The average Bonchev–Trinajstić information content (AvgIpc) is 2.19. The number of nitrogens with zero attached hydrogens (tertiary/aromatic N) is 1. The molecule has 0 unspecified atom stereocenters. The summed E-state index contributed by atoms with van der Waals surface area (Å²) in [6.45, 7) is 0. The normalized spacial score (nSPS) is 8.47. The summed E-state index contributed by atoms with van der Waals surface area (Å²) in [4.78, 5) is 10.6. The van der Waals surface area contributed by atoms with E-state index in [1.165, 1.54) is 24.3 Å². The molecule has 0 heterocycles. The van der Waals surface area contributed by atoms with Gasteiger partial charge < -0.3 is 15.8 Å². The van der Waals surface area contributed by atoms with Crippen molar-refractivity contribution in [3.8, 4) is 0 Å². The monoisotopic (exact) mass is 382 g/mol. The van der Waals surface area contributed by atoms with E-state index >= 15 is 0 Å². The Hall–Kier alpha value is -0.907. The second kappa shape index (κ2) is 7.39. The van der Waals surface area contributed by atoms with Crippen molar-refractivity contribution < 1.29 is 39.0 Å². The van der Waals surface area contributed by atoms with Gasteiger partial charge in [-0.2, -0.15) is 0 Å². The number of hydrogen-bond acceptors (Lipinski definition) is 4. The number of hydrogen-bond donors (Lipinski definition) is 3. The average molecular weight is 382 g/mol. The first-order valence-electron chi connectivity index (χ1n) is 3.72.